The van der Waals surface area contributed by atoms with E-state index >= 15 is 0 Å². The van der Waals surface area contributed by atoms with Crippen LogP contribution in [-0.2, 0) is 17.8 Å². The summed E-state index contributed by atoms with van der Waals surface area (Å²) >= 11 is 8.59. The Morgan fingerprint density at radius 1 is 0.971 bits per heavy atom. The summed E-state index contributed by atoms with van der Waals surface area (Å²) in [5.74, 6) is -0.142. The second-order valence-corrected chi connectivity index (χ2v) is 8.90. The van der Waals surface area contributed by atoms with Gasteiger partial charge in [-0.1, -0.05) is 30.3 Å². The quantitative estimate of drug-likeness (QED) is 0.220. The normalized spacial score (nSPS) is 14.9. The van der Waals surface area contributed by atoms with Gasteiger partial charge in [-0.3, -0.25) is 4.57 Å². The number of anilines is 2. The van der Waals surface area contributed by atoms with Crippen molar-refractivity contribution in [2.24, 2.45) is 0 Å². The molecule has 10 heteroatoms. The molecule has 0 radical (unpaired) electrons. The van der Waals surface area contributed by atoms with Crippen LogP contribution in [0, 0.1) is 0 Å². The monoisotopic (exact) mass is 505 g/mol. The van der Waals surface area contributed by atoms with E-state index in [1.165, 1.54) is 0 Å². The van der Waals surface area contributed by atoms with Gasteiger partial charge in [-0.05, 0) is 53.6 Å². The average Bonchev–Trinajstić information content (AvgIpc) is 3.21. The predicted octanol–water partition coefficient (Wildman–Crippen LogP) is 4.31. The van der Waals surface area contributed by atoms with E-state index in [2.05, 4.69) is 46.8 Å². The fraction of sp³-hybridized carbons (Fsp3) is 0.160. The van der Waals surface area contributed by atoms with Gasteiger partial charge < -0.3 is 20.1 Å². The molecule has 2 heterocycles. The summed E-state index contributed by atoms with van der Waals surface area (Å²) in [6.07, 6.45) is 0.473. The number of hydrogen-bond donors (Lipinski definition) is 4. The number of benzene rings is 3. The van der Waals surface area contributed by atoms with Crippen molar-refractivity contribution in [2.75, 3.05) is 16.9 Å². The fourth-order valence-corrected chi connectivity index (χ4v) is 4.79. The van der Waals surface area contributed by atoms with E-state index in [9.17, 15) is 9.90 Å². The number of aliphatic carboxylic acids is 1. The Hall–Kier alpha value is -3.63. The summed E-state index contributed by atoms with van der Waals surface area (Å²) < 4.78 is 7.55. The van der Waals surface area contributed by atoms with Crippen molar-refractivity contribution >= 4 is 42.6 Å². The highest BCUT2D eigenvalue weighted by molar-refractivity contribution is 7.80. The molecule has 3 aromatic carbocycles. The van der Waals surface area contributed by atoms with Crippen LogP contribution in [-0.4, -0.2) is 38.6 Å². The van der Waals surface area contributed by atoms with E-state index in [4.69, 9.17) is 4.74 Å². The van der Waals surface area contributed by atoms with E-state index < -0.39 is 12.0 Å². The standard InChI is InChI=1S/C25H23N5O3S2/c31-23(32)22-12-16-4-1-2-5-17(16)14-29(22)20-7-3-6-18(13-20)26-15-33-21-10-8-19(9-11-21)30-24(34)27-28-25(30)35/h1-11,13,22,26H,12,14-15H2,(H,27,34)(H,28,35)(H,31,32). The maximum atomic E-state index is 12.0. The molecule has 1 aliphatic heterocycles. The van der Waals surface area contributed by atoms with Crippen LogP contribution in [0.1, 0.15) is 11.1 Å². The Balaban J connectivity index is 1.25. The minimum Gasteiger partial charge on any atom is -0.480 e. The summed E-state index contributed by atoms with van der Waals surface area (Å²) in [4.78, 5) is 13.9. The molecular formula is C25H23N5O3S2. The van der Waals surface area contributed by atoms with Crippen LogP contribution in [0.25, 0.3) is 5.69 Å². The molecule has 4 aromatic rings. The third-order valence-corrected chi connectivity index (χ3v) is 6.53. The Morgan fingerprint density at radius 2 is 1.69 bits per heavy atom. The molecule has 2 N–H and O–H groups in total. The number of carboxylic acids is 1. The van der Waals surface area contributed by atoms with Gasteiger partial charge in [0, 0.05) is 24.3 Å². The molecular weight excluding hydrogens is 482 g/mol. The van der Waals surface area contributed by atoms with E-state index in [0.717, 1.165) is 28.2 Å². The van der Waals surface area contributed by atoms with Crippen LogP contribution < -0.4 is 15.0 Å². The molecule has 35 heavy (non-hydrogen) atoms. The molecule has 0 saturated heterocycles. The van der Waals surface area contributed by atoms with Crippen molar-refractivity contribution < 1.29 is 14.6 Å². The molecule has 1 aliphatic rings. The Bertz CT molecular complexity index is 1340. The number of rotatable bonds is 7. The number of carbonyl (C=O) groups is 1. The number of hydrogen-bond acceptors (Lipinski definition) is 8. The number of nitrogens with one attached hydrogen (secondary N) is 1. The second-order valence-electron chi connectivity index (χ2n) is 8.10. The first kappa shape index (κ1) is 23.1. The lowest BCUT2D eigenvalue weighted by atomic mass is 9.93. The lowest BCUT2D eigenvalue weighted by Crippen LogP contribution is -2.45. The molecule has 0 amide bonds. The molecule has 0 spiro atoms. The third kappa shape index (κ3) is 4.94. The average molecular weight is 506 g/mol. The Kier molecular flexibility index (Phi) is 6.56. The highest BCUT2D eigenvalue weighted by Crippen LogP contribution is 2.30. The van der Waals surface area contributed by atoms with E-state index in [-0.39, 0.29) is 6.73 Å². The fourth-order valence-electron chi connectivity index (χ4n) is 4.20. The first-order chi connectivity index (χ1) is 17.0. The zero-order valence-corrected chi connectivity index (χ0v) is 20.4. The van der Waals surface area contributed by atoms with Gasteiger partial charge in [-0.15, -0.1) is 35.5 Å². The zero-order valence-electron chi connectivity index (χ0n) is 18.6. The first-order valence-corrected chi connectivity index (χ1v) is 11.9. The molecule has 0 fully saturated rings. The summed E-state index contributed by atoms with van der Waals surface area (Å²) in [6.45, 7) is 0.796. The number of aromatic nitrogens is 3. The minimum absolute atomic E-state index is 0.246. The molecule has 0 bridgehead atoms. The van der Waals surface area contributed by atoms with Crippen molar-refractivity contribution in [3.8, 4) is 11.4 Å². The summed E-state index contributed by atoms with van der Waals surface area (Å²) in [5.41, 5.74) is 4.75. The Morgan fingerprint density at radius 3 is 2.40 bits per heavy atom. The van der Waals surface area contributed by atoms with Crippen LogP contribution in [0.5, 0.6) is 5.75 Å². The SMILES string of the molecule is O=C(O)C1Cc2ccccc2CN1c1cccc(NCOc2ccc(-n3c(S)nnc3S)cc2)c1. The van der Waals surface area contributed by atoms with Gasteiger partial charge in [-0.25, -0.2) is 4.79 Å². The van der Waals surface area contributed by atoms with Crippen molar-refractivity contribution in [3.63, 3.8) is 0 Å². The topological polar surface area (TPSA) is 92.5 Å². The van der Waals surface area contributed by atoms with Gasteiger partial charge in [0.15, 0.2) is 17.0 Å². The molecule has 1 aromatic heterocycles. The molecule has 0 aliphatic carbocycles. The van der Waals surface area contributed by atoms with Gasteiger partial charge in [0.05, 0.1) is 5.69 Å². The van der Waals surface area contributed by atoms with Crippen LogP contribution >= 0.6 is 25.3 Å². The highest BCUT2D eigenvalue weighted by Gasteiger charge is 2.31. The number of fused-ring (bicyclic) bond motifs is 1. The number of ether oxygens (including phenoxy) is 1. The molecule has 0 saturated carbocycles. The maximum absolute atomic E-state index is 12.0. The lowest BCUT2D eigenvalue weighted by molar-refractivity contribution is -0.138. The van der Waals surface area contributed by atoms with Crippen molar-refractivity contribution in [1.82, 2.24) is 14.8 Å². The largest absolute Gasteiger partial charge is 0.480 e. The minimum atomic E-state index is -0.828. The van der Waals surface area contributed by atoms with Crippen molar-refractivity contribution in [3.05, 3.63) is 83.9 Å². The molecule has 1 unspecified atom stereocenters. The summed E-state index contributed by atoms with van der Waals surface area (Å²) in [6, 6.07) is 22.5. The van der Waals surface area contributed by atoms with E-state index in [0.29, 0.717) is 29.0 Å². The summed E-state index contributed by atoms with van der Waals surface area (Å²) in [7, 11) is 0. The molecule has 8 nitrogen and oxygen atoms in total. The Labute approximate surface area is 213 Å². The maximum Gasteiger partial charge on any atom is 0.326 e. The van der Waals surface area contributed by atoms with Crippen molar-refractivity contribution in [2.45, 2.75) is 29.3 Å². The number of carboxylic acid groups (broad SMARTS) is 1. The first-order valence-electron chi connectivity index (χ1n) is 11.0. The molecule has 1 atom stereocenters. The molecule has 5 rings (SSSR count). The van der Waals surface area contributed by atoms with Crippen LogP contribution in [0.3, 0.4) is 0 Å². The van der Waals surface area contributed by atoms with Crippen LogP contribution in [0.2, 0.25) is 0 Å². The number of nitrogens with zero attached hydrogens (tertiary/aromatic N) is 4. The highest BCUT2D eigenvalue weighted by atomic mass is 32.1. The van der Waals surface area contributed by atoms with E-state index in [1.807, 2.05) is 71.6 Å². The number of thiol groups is 2. The third-order valence-electron chi connectivity index (χ3n) is 5.95. The van der Waals surface area contributed by atoms with Gasteiger partial charge in [0.2, 0.25) is 0 Å². The van der Waals surface area contributed by atoms with Gasteiger partial charge in [0.25, 0.3) is 0 Å². The van der Waals surface area contributed by atoms with Gasteiger partial charge >= 0.3 is 5.97 Å². The second kappa shape index (κ2) is 9.93. The van der Waals surface area contributed by atoms with Crippen LogP contribution in [0.15, 0.2) is 83.1 Å². The van der Waals surface area contributed by atoms with E-state index in [1.54, 1.807) is 4.57 Å². The van der Waals surface area contributed by atoms with Crippen molar-refractivity contribution in [1.29, 1.82) is 0 Å². The van der Waals surface area contributed by atoms with Gasteiger partial charge in [-0.2, -0.15) is 0 Å². The lowest BCUT2D eigenvalue weighted by Gasteiger charge is -2.36. The predicted molar refractivity (Wildman–Crippen MR) is 139 cm³/mol. The smallest absolute Gasteiger partial charge is 0.326 e. The zero-order chi connectivity index (χ0) is 24.4. The van der Waals surface area contributed by atoms with Gasteiger partial charge in [0.1, 0.15) is 11.8 Å². The van der Waals surface area contributed by atoms with Crippen LogP contribution in [0.4, 0.5) is 11.4 Å². The summed E-state index contributed by atoms with van der Waals surface area (Å²) in [5, 5.41) is 21.8. The molecule has 178 valence electrons.